The molecule has 40 heavy (non-hydrogen) atoms. The Morgan fingerprint density at radius 1 is 0.925 bits per heavy atom. The Bertz CT molecular complexity index is 1120. The normalized spacial score (nSPS) is 25.6. The van der Waals surface area contributed by atoms with Gasteiger partial charge in [-0.15, -0.1) is 0 Å². The van der Waals surface area contributed by atoms with Gasteiger partial charge in [-0.25, -0.2) is 13.2 Å². The van der Waals surface area contributed by atoms with Crippen LogP contribution >= 0.6 is 0 Å². The maximum Gasteiger partial charge on any atom is 0.410 e. The maximum absolute atomic E-state index is 13.6. The third-order valence-corrected chi connectivity index (χ3v) is 12.5. The minimum Gasteiger partial charge on any atom is -0.440 e. The van der Waals surface area contributed by atoms with Crippen LogP contribution in [-0.4, -0.2) is 79.0 Å². The van der Waals surface area contributed by atoms with Gasteiger partial charge in [-0.2, -0.15) is 4.31 Å². The molecule has 7 nitrogen and oxygen atoms in total. The molecule has 3 aliphatic heterocycles. The second kappa shape index (κ2) is 12.3. The van der Waals surface area contributed by atoms with Crippen molar-refractivity contribution >= 4 is 16.1 Å². The van der Waals surface area contributed by atoms with Gasteiger partial charge in [0.2, 0.25) is 10.0 Å². The number of carbonyl (C=O) groups excluding carboxylic acids is 1. The number of ether oxygens (including phenoxy) is 1. The average molecular weight is 574 g/mol. The number of rotatable bonds is 8. The molecule has 1 saturated carbocycles. The summed E-state index contributed by atoms with van der Waals surface area (Å²) in [5.74, 6) is 0.620. The highest BCUT2D eigenvalue weighted by molar-refractivity contribution is 7.89. The molecule has 5 rings (SSSR count). The quantitative estimate of drug-likeness (QED) is 0.371. The van der Waals surface area contributed by atoms with Crippen LogP contribution in [0.1, 0.15) is 101 Å². The molecule has 1 aromatic carbocycles. The predicted molar refractivity (Wildman–Crippen MR) is 159 cm³/mol. The van der Waals surface area contributed by atoms with Crippen LogP contribution in [0.2, 0.25) is 0 Å². The summed E-state index contributed by atoms with van der Waals surface area (Å²) in [6, 6.07) is 4.51. The Kier molecular flexibility index (Phi) is 9.18. The van der Waals surface area contributed by atoms with Crippen molar-refractivity contribution in [2.24, 2.45) is 5.92 Å². The second-order valence-corrected chi connectivity index (χ2v) is 15.0. The summed E-state index contributed by atoms with van der Waals surface area (Å²) in [5, 5.41) is 0. The van der Waals surface area contributed by atoms with E-state index in [0.717, 1.165) is 81.3 Å². The van der Waals surface area contributed by atoms with Gasteiger partial charge < -0.3 is 9.64 Å². The topological polar surface area (TPSA) is 70.2 Å². The van der Waals surface area contributed by atoms with Crippen molar-refractivity contribution in [1.29, 1.82) is 0 Å². The number of likely N-dealkylation sites (tertiary alicyclic amines) is 1. The lowest BCUT2D eigenvalue weighted by Crippen LogP contribution is -2.56. The zero-order chi connectivity index (χ0) is 28.5. The van der Waals surface area contributed by atoms with Crippen molar-refractivity contribution in [2.45, 2.75) is 127 Å². The molecular formula is C32H51N3O4S. The fourth-order valence-electron chi connectivity index (χ4n) is 8.23. The Morgan fingerprint density at radius 3 is 2.15 bits per heavy atom. The number of unbranched alkanes of at least 4 members (excludes halogenated alkanes) is 1. The smallest absolute Gasteiger partial charge is 0.410 e. The van der Waals surface area contributed by atoms with E-state index in [0.29, 0.717) is 29.9 Å². The van der Waals surface area contributed by atoms with Crippen molar-refractivity contribution in [3.8, 4) is 0 Å². The van der Waals surface area contributed by atoms with E-state index in [2.05, 4.69) is 16.7 Å². The lowest BCUT2D eigenvalue weighted by molar-refractivity contribution is -0.0374. The maximum atomic E-state index is 13.6. The number of nitrogens with zero attached hydrogens (tertiary/aromatic N) is 3. The van der Waals surface area contributed by atoms with Crippen molar-refractivity contribution in [3.05, 3.63) is 28.8 Å². The predicted octanol–water partition coefficient (Wildman–Crippen LogP) is 6.19. The molecule has 0 bridgehead atoms. The van der Waals surface area contributed by atoms with E-state index in [-0.39, 0.29) is 17.7 Å². The summed E-state index contributed by atoms with van der Waals surface area (Å²) >= 11 is 0. The van der Waals surface area contributed by atoms with Crippen LogP contribution in [0.15, 0.2) is 17.0 Å². The number of carbonyl (C=O) groups is 1. The Hall–Kier alpha value is -1.64. The summed E-state index contributed by atoms with van der Waals surface area (Å²) in [4.78, 5) is 18.4. The first-order valence-electron chi connectivity index (χ1n) is 16.0. The minimum absolute atomic E-state index is 0.0830. The van der Waals surface area contributed by atoms with E-state index in [1.54, 1.807) is 4.31 Å². The number of amides is 1. The molecule has 224 valence electrons. The highest BCUT2D eigenvalue weighted by atomic mass is 32.2. The molecule has 4 fully saturated rings. The molecule has 1 unspecified atom stereocenters. The van der Waals surface area contributed by atoms with Gasteiger partial charge in [0.25, 0.3) is 0 Å². The van der Waals surface area contributed by atoms with Crippen LogP contribution < -0.4 is 0 Å². The fraction of sp³-hybridized carbons (Fsp3) is 0.781. The molecule has 1 atom stereocenters. The first kappa shape index (κ1) is 29.8. The summed E-state index contributed by atoms with van der Waals surface area (Å²) in [5.41, 5.74) is 2.41. The fourth-order valence-corrected chi connectivity index (χ4v) is 10.1. The van der Waals surface area contributed by atoms with E-state index in [4.69, 9.17) is 4.74 Å². The third kappa shape index (κ3) is 5.96. The van der Waals surface area contributed by atoms with Gasteiger partial charge in [-0.1, -0.05) is 56.7 Å². The van der Waals surface area contributed by atoms with Crippen molar-refractivity contribution in [3.63, 3.8) is 0 Å². The minimum atomic E-state index is -3.50. The summed E-state index contributed by atoms with van der Waals surface area (Å²) in [6.07, 6.45) is 13.1. The molecule has 1 aromatic rings. The first-order valence-corrected chi connectivity index (χ1v) is 17.4. The SMILES string of the molecule is CCCCC1N(CC2CCCCC2)C(=O)OC12CCN(C1CCN(S(=O)(=O)c3c(C)cc(C)cc3C)CC1)CC2. The summed E-state index contributed by atoms with van der Waals surface area (Å²) in [6.45, 7) is 11.9. The molecule has 4 aliphatic rings. The van der Waals surface area contributed by atoms with E-state index in [1.807, 2.05) is 32.9 Å². The molecule has 8 heteroatoms. The van der Waals surface area contributed by atoms with E-state index in [1.165, 1.54) is 32.1 Å². The standard InChI is InChI=1S/C32H51N3O4S/c1-5-6-12-29-32(39-31(36)35(29)23-27-10-8-7-9-11-27)15-19-33(20-16-32)28-13-17-34(18-14-28)40(37,38)30-25(3)21-24(2)22-26(30)4/h21-22,27-29H,5-20,23H2,1-4H3. The second-order valence-electron chi connectivity index (χ2n) is 13.1. The van der Waals surface area contributed by atoms with Crippen LogP contribution in [0.3, 0.4) is 0 Å². The van der Waals surface area contributed by atoms with Gasteiger partial charge >= 0.3 is 6.09 Å². The lowest BCUT2D eigenvalue weighted by Gasteiger charge is -2.46. The molecule has 0 aromatic heterocycles. The van der Waals surface area contributed by atoms with Gasteiger partial charge in [0, 0.05) is 51.6 Å². The largest absolute Gasteiger partial charge is 0.440 e. The van der Waals surface area contributed by atoms with E-state index < -0.39 is 10.0 Å². The van der Waals surface area contributed by atoms with E-state index >= 15 is 0 Å². The molecule has 0 radical (unpaired) electrons. The number of hydrogen-bond acceptors (Lipinski definition) is 5. The Balaban J connectivity index is 1.20. The number of benzene rings is 1. The van der Waals surface area contributed by atoms with Crippen LogP contribution in [-0.2, 0) is 14.8 Å². The Labute approximate surface area is 242 Å². The number of piperidine rings is 2. The van der Waals surface area contributed by atoms with Crippen LogP contribution in [0.4, 0.5) is 4.79 Å². The third-order valence-electron chi connectivity index (χ3n) is 10.3. The average Bonchev–Trinajstić information content (AvgIpc) is 3.17. The van der Waals surface area contributed by atoms with Crippen molar-refractivity contribution < 1.29 is 17.9 Å². The first-order chi connectivity index (χ1) is 19.1. The van der Waals surface area contributed by atoms with Crippen molar-refractivity contribution in [2.75, 3.05) is 32.7 Å². The van der Waals surface area contributed by atoms with Gasteiger partial charge in [-0.3, -0.25) is 4.90 Å². The van der Waals surface area contributed by atoms with Gasteiger partial charge in [-0.05, 0) is 69.9 Å². The van der Waals surface area contributed by atoms with Gasteiger partial charge in [0.1, 0.15) is 5.60 Å². The number of aryl methyl sites for hydroxylation is 3. The van der Waals surface area contributed by atoms with Gasteiger partial charge in [0.05, 0.1) is 10.9 Å². The van der Waals surface area contributed by atoms with E-state index in [9.17, 15) is 13.2 Å². The molecule has 3 saturated heterocycles. The zero-order valence-corrected chi connectivity index (χ0v) is 26.1. The summed E-state index contributed by atoms with van der Waals surface area (Å²) in [7, 11) is -3.50. The molecule has 1 amide bonds. The number of hydrogen-bond donors (Lipinski definition) is 0. The molecule has 0 N–H and O–H groups in total. The monoisotopic (exact) mass is 573 g/mol. The van der Waals surface area contributed by atoms with Crippen molar-refractivity contribution in [1.82, 2.24) is 14.1 Å². The lowest BCUT2D eigenvalue weighted by atomic mass is 9.80. The van der Waals surface area contributed by atoms with Crippen LogP contribution in [0.5, 0.6) is 0 Å². The highest BCUT2D eigenvalue weighted by Gasteiger charge is 2.55. The van der Waals surface area contributed by atoms with Gasteiger partial charge in [0.15, 0.2) is 0 Å². The van der Waals surface area contributed by atoms with Crippen LogP contribution in [0, 0.1) is 26.7 Å². The van der Waals surface area contributed by atoms with Crippen LogP contribution in [0.25, 0.3) is 0 Å². The molecule has 3 heterocycles. The number of sulfonamides is 1. The molecule has 1 spiro atoms. The summed E-state index contributed by atoms with van der Waals surface area (Å²) < 4.78 is 35.2. The highest BCUT2D eigenvalue weighted by Crippen LogP contribution is 2.43. The zero-order valence-electron chi connectivity index (χ0n) is 25.3. The molecular weight excluding hydrogens is 522 g/mol. The molecule has 1 aliphatic carbocycles. The Morgan fingerprint density at radius 2 is 1.55 bits per heavy atom.